The van der Waals surface area contributed by atoms with E-state index in [2.05, 4.69) is 46.8 Å². The van der Waals surface area contributed by atoms with Gasteiger partial charge in [0.05, 0.1) is 41.8 Å². The minimum absolute atomic E-state index is 0.0228. The molecule has 0 saturated carbocycles. The van der Waals surface area contributed by atoms with E-state index in [0.717, 1.165) is 75.9 Å². The molecule has 1 amide bonds. The lowest BCUT2D eigenvalue weighted by Gasteiger charge is -2.21. The number of hydrogen-bond acceptors (Lipinski definition) is 7. The van der Waals surface area contributed by atoms with Crippen LogP contribution in [0.5, 0.6) is 0 Å². The molecule has 1 aliphatic rings. The molecule has 7 rings (SSSR count). The van der Waals surface area contributed by atoms with Crippen molar-refractivity contribution in [2.75, 3.05) is 18.4 Å². The predicted molar refractivity (Wildman–Crippen MR) is 149 cm³/mol. The number of carbonyl (C=O) groups excluding carboxylic acids is 1. The molecule has 0 unspecified atom stereocenters. The van der Waals surface area contributed by atoms with E-state index in [-0.39, 0.29) is 5.91 Å². The summed E-state index contributed by atoms with van der Waals surface area (Å²) in [6.07, 6.45) is 14.8. The molecule has 6 aromatic rings. The lowest BCUT2D eigenvalue weighted by molar-refractivity contribution is -0.117. The monoisotopic (exact) mass is 518 g/mol. The average molecular weight is 519 g/mol. The van der Waals surface area contributed by atoms with Crippen molar-refractivity contribution in [2.45, 2.75) is 19.3 Å². The van der Waals surface area contributed by atoms with Crippen LogP contribution in [0.1, 0.15) is 19.3 Å². The van der Waals surface area contributed by atoms with Gasteiger partial charge < -0.3 is 20.0 Å². The lowest BCUT2D eigenvalue weighted by Crippen LogP contribution is -2.30. The van der Waals surface area contributed by atoms with E-state index in [1.165, 1.54) is 0 Å². The average Bonchev–Trinajstić information content (AvgIpc) is 3.73. The fourth-order valence-electron chi connectivity index (χ4n) is 5.32. The van der Waals surface area contributed by atoms with Gasteiger partial charge in [0.15, 0.2) is 5.65 Å². The summed E-state index contributed by atoms with van der Waals surface area (Å²) < 4.78 is 5.28. The number of piperidine rings is 1. The summed E-state index contributed by atoms with van der Waals surface area (Å²) in [7, 11) is 0. The maximum absolute atomic E-state index is 12.6. The summed E-state index contributed by atoms with van der Waals surface area (Å²) in [5, 5.41) is 15.9. The molecule has 0 bridgehead atoms. The van der Waals surface area contributed by atoms with Gasteiger partial charge in [-0.15, -0.1) is 0 Å². The van der Waals surface area contributed by atoms with Crippen molar-refractivity contribution in [1.82, 2.24) is 35.5 Å². The number of aromatic nitrogens is 6. The summed E-state index contributed by atoms with van der Waals surface area (Å²) in [4.78, 5) is 29.5. The smallest absolute Gasteiger partial charge is 0.224 e. The topological polar surface area (TPSA) is 137 Å². The van der Waals surface area contributed by atoms with E-state index in [1.807, 2.05) is 24.4 Å². The van der Waals surface area contributed by atoms with Gasteiger partial charge in [-0.3, -0.25) is 19.9 Å². The number of amides is 1. The molecule has 7 heterocycles. The Balaban J connectivity index is 1.19. The number of furan rings is 1. The largest absolute Gasteiger partial charge is 0.472 e. The number of H-pyrrole nitrogens is 2. The van der Waals surface area contributed by atoms with Crippen molar-refractivity contribution in [2.24, 2.45) is 5.92 Å². The molecule has 0 atom stereocenters. The second-order valence-corrected chi connectivity index (χ2v) is 9.94. The minimum atomic E-state index is 0.0228. The highest BCUT2D eigenvalue weighted by Crippen LogP contribution is 2.34. The van der Waals surface area contributed by atoms with Crippen LogP contribution in [0.25, 0.3) is 55.6 Å². The maximum atomic E-state index is 12.6. The molecule has 0 spiro atoms. The number of aromatic amines is 2. The van der Waals surface area contributed by atoms with Gasteiger partial charge in [0, 0.05) is 58.0 Å². The van der Waals surface area contributed by atoms with Gasteiger partial charge in [0.1, 0.15) is 5.69 Å². The van der Waals surface area contributed by atoms with Gasteiger partial charge in [0.2, 0.25) is 5.91 Å². The van der Waals surface area contributed by atoms with Crippen molar-refractivity contribution in [3.63, 3.8) is 0 Å². The Morgan fingerprint density at radius 2 is 1.85 bits per heavy atom. The number of carbonyl (C=O) groups is 1. The molecule has 39 heavy (non-hydrogen) atoms. The molecule has 1 aliphatic heterocycles. The van der Waals surface area contributed by atoms with Gasteiger partial charge in [-0.05, 0) is 56.1 Å². The SMILES string of the molecule is O=C(CC1CCNCC1)Nc1cncc(-c2cnc3[nH]nc(-c4cc5c(-c6ccoc6)cncc5[nH]4)c3c2)c1. The normalized spacial score (nSPS) is 14.3. The highest BCUT2D eigenvalue weighted by Gasteiger charge is 2.18. The summed E-state index contributed by atoms with van der Waals surface area (Å²) in [5.41, 5.74) is 7.55. The summed E-state index contributed by atoms with van der Waals surface area (Å²) in [6, 6.07) is 7.96. The lowest BCUT2D eigenvalue weighted by atomic mass is 9.94. The summed E-state index contributed by atoms with van der Waals surface area (Å²) >= 11 is 0. The molecule has 194 valence electrons. The van der Waals surface area contributed by atoms with Crippen LogP contribution in [0.15, 0.2) is 72.2 Å². The number of pyridine rings is 3. The number of nitrogens with zero attached hydrogens (tertiary/aromatic N) is 4. The molecule has 4 N–H and O–H groups in total. The third-order valence-corrected chi connectivity index (χ3v) is 7.34. The number of nitrogens with one attached hydrogen (secondary N) is 4. The first-order chi connectivity index (χ1) is 19.2. The number of anilines is 1. The summed E-state index contributed by atoms with van der Waals surface area (Å²) in [6.45, 7) is 1.95. The van der Waals surface area contributed by atoms with Crippen LogP contribution in [0.3, 0.4) is 0 Å². The van der Waals surface area contributed by atoms with Crippen LogP contribution in [-0.2, 0) is 4.79 Å². The predicted octanol–water partition coefficient (Wildman–Crippen LogP) is 5.15. The Morgan fingerprint density at radius 3 is 2.72 bits per heavy atom. The Bertz CT molecular complexity index is 1780. The highest BCUT2D eigenvalue weighted by atomic mass is 16.3. The Hall–Kier alpha value is -4.83. The van der Waals surface area contributed by atoms with E-state index >= 15 is 0 Å². The van der Waals surface area contributed by atoms with Gasteiger partial charge in [-0.2, -0.15) is 5.10 Å². The number of hydrogen-bond donors (Lipinski definition) is 4. The highest BCUT2D eigenvalue weighted by molar-refractivity contribution is 6.00. The summed E-state index contributed by atoms with van der Waals surface area (Å²) in [5.74, 6) is 0.444. The zero-order valence-corrected chi connectivity index (χ0v) is 21.1. The van der Waals surface area contributed by atoms with E-state index < -0.39 is 0 Å². The molecule has 0 aromatic carbocycles. The van der Waals surface area contributed by atoms with Crippen LogP contribution in [0.4, 0.5) is 5.69 Å². The van der Waals surface area contributed by atoms with Crippen LogP contribution in [0.2, 0.25) is 0 Å². The van der Waals surface area contributed by atoms with Crippen LogP contribution in [0, 0.1) is 5.92 Å². The zero-order valence-electron chi connectivity index (χ0n) is 21.1. The Labute approximate surface area is 223 Å². The fourth-order valence-corrected chi connectivity index (χ4v) is 5.32. The van der Waals surface area contributed by atoms with Crippen molar-refractivity contribution in [3.8, 4) is 33.6 Å². The fraction of sp³-hybridized carbons (Fsp3) is 0.207. The van der Waals surface area contributed by atoms with Gasteiger partial charge in [-0.1, -0.05) is 0 Å². The standard InChI is InChI=1S/C29H26N8O2/c38-27(7-17-1-4-30-5-2-17)34-21-8-19(11-31-13-21)20-9-23-28(36-37-29(23)33-12-20)25-10-22-24(18-3-6-39-16-18)14-32-15-26(22)35-25/h3,6,8-17,30,35H,1-2,4-5,7H2,(H,34,38)(H,33,36,37). The van der Waals surface area contributed by atoms with E-state index in [9.17, 15) is 4.79 Å². The molecule has 1 fully saturated rings. The van der Waals surface area contributed by atoms with Crippen LogP contribution in [-0.4, -0.2) is 49.1 Å². The Kier molecular flexibility index (Phi) is 5.86. The van der Waals surface area contributed by atoms with Gasteiger partial charge >= 0.3 is 0 Å². The molecule has 10 nitrogen and oxygen atoms in total. The van der Waals surface area contributed by atoms with Crippen LogP contribution >= 0.6 is 0 Å². The zero-order chi connectivity index (χ0) is 26.2. The van der Waals surface area contributed by atoms with Crippen LogP contribution < -0.4 is 10.6 Å². The molecule has 6 aromatic heterocycles. The first kappa shape index (κ1) is 23.3. The molecule has 10 heteroatoms. The molecular formula is C29H26N8O2. The number of rotatable bonds is 6. The second kappa shape index (κ2) is 9.80. The first-order valence-electron chi connectivity index (χ1n) is 13.0. The molecular weight excluding hydrogens is 492 g/mol. The molecule has 1 saturated heterocycles. The third-order valence-electron chi connectivity index (χ3n) is 7.34. The van der Waals surface area contributed by atoms with Gasteiger partial charge in [0.25, 0.3) is 0 Å². The van der Waals surface area contributed by atoms with Crippen molar-refractivity contribution < 1.29 is 9.21 Å². The third kappa shape index (κ3) is 4.55. The molecule has 0 aliphatic carbocycles. The molecule has 0 radical (unpaired) electrons. The van der Waals surface area contributed by atoms with Crippen molar-refractivity contribution in [1.29, 1.82) is 0 Å². The minimum Gasteiger partial charge on any atom is -0.472 e. The Morgan fingerprint density at radius 1 is 0.974 bits per heavy atom. The second-order valence-electron chi connectivity index (χ2n) is 9.94. The van der Waals surface area contributed by atoms with E-state index in [1.54, 1.807) is 37.3 Å². The quantitative estimate of drug-likeness (QED) is 0.239. The van der Waals surface area contributed by atoms with Crippen molar-refractivity contribution >= 4 is 33.5 Å². The maximum Gasteiger partial charge on any atom is 0.224 e. The van der Waals surface area contributed by atoms with E-state index in [4.69, 9.17) is 4.42 Å². The first-order valence-corrected chi connectivity index (χ1v) is 13.0. The number of fused-ring (bicyclic) bond motifs is 2. The van der Waals surface area contributed by atoms with E-state index in [0.29, 0.717) is 23.7 Å². The van der Waals surface area contributed by atoms with Crippen molar-refractivity contribution in [3.05, 3.63) is 67.8 Å². The van der Waals surface area contributed by atoms with Gasteiger partial charge in [-0.25, -0.2) is 4.98 Å².